The molecule has 4 aromatic rings. The van der Waals surface area contributed by atoms with Gasteiger partial charge in [-0.05, 0) is 43.5 Å². The highest BCUT2D eigenvalue weighted by atomic mass is 16.5. The first-order valence-electron chi connectivity index (χ1n) is 9.64. The molecule has 3 aromatic heterocycles. The van der Waals surface area contributed by atoms with Crippen LogP contribution in [-0.2, 0) is 11.3 Å². The minimum atomic E-state index is -0.434. The van der Waals surface area contributed by atoms with E-state index in [2.05, 4.69) is 9.97 Å². The van der Waals surface area contributed by atoms with Gasteiger partial charge in [0.05, 0.1) is 16.8 Å². The fourth-order valence-electron chi connectivity index (χ4n) is 3.50. The number of aromatic nitrogens is 3. The zero-order valence-corrected chi connectivity index (χ0v) is 16.0. The predicted molar refractivity (Wildman–Crippen MR) is 109 cm³/mol. The topological polar surface area (TPSA) is 73.6 Å². The van der Waals surface area contributed by atoms with Crippen molar-refractivity contribution in [2.45, 2.75) is 32.3 Å². The van der Waals surface area contributed by atoms with E-state index in [1.54, 1.807) is 12.3 Å². The number of hydrogen-bond donors (Lipinski definition) is 0. The zero-order valence-electron chi connectivity index (χ0n) is 16.0. The van der Waals surface area contributed by atoms with E-state index in [0.29, 0.717) is 22.8 Å². The van der Waals surface area contributed by atoms with Crippen LogP contribution in [0.1, 0.15) is 46.1 Å². The van der Waals surface area contributed by atoms with E-state index in [-0.39, 0.29) is 12.2 Å². The molecule has 0 aliphatic heterocycles. The first-order chi connectivity index (χ1) is 14.1. The fourth-order valence-corrected chi connectivity index (χ4v) is 3.50. The van der Waals surface area contributed by atoms with Crippen molar-refractivity contribution in [3.05, 3.63) is 87.6 Å². The van der Waals surface area contributed by atoms with Gasteiger partial charge in [0.15, 0.2) is 0 Å². The lowest BCUT2D eigenvalue weighted by Crippen LogP contribution is -2.17. The van der Waals surface area contributed by atoms with E-state index in [4.69, 9.17) is 4.74 Å². The molecule has 0 radical (unpaired) electrons. The fraction of sp³-hybridized carbons (Fsp3) is 0.217. The molecule has 0 saturated heterocycles. The number of esters is 1. The van der Waals surface area contributed by atoms with Crippen LogP contribution in [0.2, 0.25) is 0 Å². The van der Waals surface area contributed by atoms with Crippen LogP contribution < -0.4 is 5.56 Å². The van der Waals surface area contributed by atoms with E-state index < -0.39 is 5.97 Å². The lowest BCUT2D eigenvalue weighted by Gasteiger charge is -2.10. The number of hydrogen-bond acceptors (Lipinski definition) is 5. The summed E-state index contributed by atoms with van der Waals surface area (Å²) in [5.74, 6) is -0.00628. The van der Waals surface area contributed by atoms with Crippen LogP contribution in [0.3, 0.4) is 0 Å². The standard InChI is InChI=1S/C23H19N3O3/c1-14-6-9-21-24-16(10-22(27)26(21)12-14)13-29-23(28)18-11-20(15-7-8-15)25-19-5-3-2-4-17(18)19/h2-6,9-12,15H,7-8,13H2,1H3. The van der Waals surface area contributed by atoms with Gasteiger partial charge in [-0.25, -0.2) is 9.78 Å². The lowest BCUT2D eigenvalue weighted by atomic mass is 10.1. The van der Waals surface area contributed by atoms with Gasteiger partial charge in [0.2, 0.25) is 0 Å². The van der Waals surface area contributed by atoms with Gasteiger partial charge in [-0.2, -0.15) is 0 Å². The third-order valence-electron chi connectivity index (χ3n) is 5.16. The van der Waals surface area contributed by atoms with Crippen molar-refractivity contribution in [1.82, 2.24) is 14.4 Å². The summed E-state index contributed by atoms with van der Waals surface area (Å²) in [7, 11) is 0. The molecule has 6 nitrogen and oxygen atoms in total. The highest BCUT2D eigenvalue weighted by Gasteiger charge is 2.27. The Labute approximate surface area is 166 Å². The first kappa shape index (κ1) is 17.6. The quantitative estimate of drug-likeness (QED) is 0.500. The molecule has 0 amide bonds. The SMILES string of the molecule is Cc1ccc2nc(COC(=O)c3cc(C4CC4)nc4ccccc34)cc(=O)n2c1. The number of rotatable bonds is 4. The second-order valence-corrected chi connectivity index (χ2v) is 7.48. The van der Waals surface area contributed by atoms with E-state index in [1.807, 2.05) is 43.3 Å². The van der Waals surface area contributed by atoms with Crippen LogP contribution in [0.25, 0.3) is 16.6 Å². The summed E-state index contributed by atoms with van der Waals surface area (Å²) in [6.45, 7) is 1.85. The Morgan fingerprint density at radius 3 is 2.79 bits per heavy atom. The second-order valence-electron chi connectivity index (χ2n) is 7.48. The van der Waals surface area contributed by atoms with E-state index in [0.717, 1.165) is 35.0 Å². The predicted octanol–water partition coefficient (Wildman–Crippen LogP) is 3.79. The number of carbonyl (C=O) groups is 1. The number of aryl methyl sites for hydroxylation is 1. The first-order valence-corrected chi connectivity index (χ1v) is 9.64. The molecule has 0 N–H and O–H groups in total. The highest BCUT2D eigenvalue weighted by molar-refractivity contribution is 6.03. The van der Waals surface area contributed by atoms with Crippen molar-refractivity contribution in [3.8, 4) is 0 Å². The van der Waals surface area contributed by atoms with Crippen molar-refractivity contribution in [2.24, 2.45) is 0 Å². The summed E-state index contributed by atoms with van der Waals surface area (Å²) >= 11 is 0. The van der Waals surface area contributed by atoms with Crippen LogP contribution in [0.4, 0.5) is 0 Å². The Bertz CT molecular complexity index is 1320. The molecule has 0 unspecified atom stereocenters. The number of carbonyl (C=O) groups excluding carboxylic acids is 1. The van der Waals surface area contributed by atoms with Crippen LogP contribution in [0.15, 0.2) is 59.5 Å². The Morgan fingerprint density at radius 1 is 1.14 bits per heavy atom. The van der Waals surface area contributed by atoms with Crippen LogP contribution >= 0.6 is 0 Å². The number of benzene rings is 1. The molecule has 0 atom stereocenters. The molecule has 1 fully saturated rings. The third-order valence-corrected chi connectivity index (χ3v) is 5.16. The van der Waals surface area contributed by atoms with Crippen molar-refractivity contribution >= 4 is 22.5 Å². The number of nitrogens with zero attached hydrogens (tertiary/aromatic N) is 3. The third kappa shape index (κ3) is 3.38. The van der Waals surface area contributed by atoms with E-state index >= 15 is 0 Å². The molecular formula is C23H19N3O3. The number of para-hydroxylation sites is 1. The molecule has 3 heterocycles. The van der Waals surface area contributed by atoms with Crippen LogP contribution in [0.5, 0.6) is 0 Å². The lowest BCUT2D eigenvalue weighted by molar-refractivity contribution is 0.0470. The Morgan fingerprint density at radius 2 is 1.97 bits per heavy atom. The smallest absolute Gasteiger partial charge is 0.339 e. The second kappa shape index (κ2) is 6.81. The van der Waals surface area contributed by atoms with Gasteiger partial charge >= 0.3 is 5.97 Å². The minimum Gasteiger partial charge on any atom is -0.456 e. The molecule has 5 rings (SSSR count). The molecule has 144 valence electrons. The average molecular weight is 385 g/mol. The van der Waals surface area contributed by atoms with Crippen LogP contribution in [0, 0.1) is 6.92 Å². The van der Waals surface area contributed by atoms with Crippen molar-refractivity contribution in [1.29, 1.82) is 0 Å². The highest BCUT2D eigenvalue weighted by Crippen LogP contribution is 2.40. The summed E-state index contributed by atoms with van der Waals surface area (Å²) in [5.41, 5.74) is 3.96. The van der Waals surface area contributed by atoms with Gasteiger partial charge in [-0.1, -0.05) is 24.3 Å². The van der Waals surface area contributed by atoms with Gasteiger partial charge in [0.1, 0.15) is 12.3 Å². The van der Waals surface area contributed by atoms with Gasteiger partial charge in [0.25, 0.3) is 5.56 Å². The Kier molecular flexibility index (Phi) is 4.12. The Hall–Kier alpha value is -3.54. The summed E-state index contributed by atoms with van der Waals surface area (Å²) in [6, 6.07) is 14.5. The monoisotopic (exact) mass is 385 g/mol. The summed E-state index contributed by atoms with van der Waals surface area (Å²) < 4.78 is 7.01. The van der Waals surface area contributed by atoms with Crippen molar-refractivity contribution in [2.75, 3.05) is 0 Å². The molecule has 29 heavy (non-hydrogen) atoms. The number of pyridine rings is 2. The van der Waals surface area contributed by atoms with Gasteiger partial charge < -0.3 is 4.74 Å². The molecule has 1 aromatic carbocycles. The number of ether oxygens (including phenoxy) is 1. The minimum absolute atomic E-state index is 0.0616. The zero-order chi connectivity index (χ0) is 20.0. The summed E-state index contributed by atoms with van der Waals surface area (Å²) in [4.78, 5) is 34.3. The molecule has 0 spiro atoms. The Balaban J connectivity index is 1.45. The molecular weight excluding hydrogens is 366 g/mol. The van der Waals surface area contributed by atoms with Gasteiger partial charge in [0, 0.05) is 29.3 Å². The van der Waals surface area contributed by atoms with Crippen LogP contribution in [-0.4, -0.2) is 20.3 Å². The molecule has 6 heteroatoms. The van der Waals surface area contributed by atoms with E-state index in [9.17, 15) is 9.59 Å². The van der Waals surface area contributed by atoms with E-state index in [1.165, 1.54) is 10.5 Å². The maximum absolute atomic E-state index is 12.9. The number of fused-ring (bicyclic) bond motifs is 2. The van der Waals surface area contributed by atoms with Gasteiger partial charge in [-0.3, -0.25) is 14.2 Å². The molecule has 1 saturated carbocycles. The maximum Gasteiger partial charge on any atom is 0.339 e. The molecule has 1 aliphatic carbocycles. The molecule has 1 aliphatic rings. The van der Waals surface area contributed by atoms with Crippen molar-refractivity contribution < 1.29 is 9.53 Å². The van der Waals surface area contributed by atoms with Gasteiger partial charge in [-0.15, -0.1) is 0 Å². The summed E-state index contributed by atoms with van der Waals surface area (Å²) in [5, 5.41) is 0.768. The normalized spacial score (nSPS) is 13.7. The maximum atomic E-state index is 12.9. The largest absolute Gasteiger partial charge is 0.456 e. The molecule has 0 bridgehead atoms. The van der Waals surface area contributed by atoms with Crippen molar-refractivity contribution in [3.63, 3.8) is 0 Å². The average Bonchev–Trinajstić information content (AvgIpc) is 3.57. The summed E-state index contributed by atoms with van der Waals surface area (Å²) in [6.07, 6.45) is 3.94.